The van der Waals surface area contributed by atoms with Crippen molar-refractivity contribution in [1.29, 1.82) is 0 Å². The second-order valence-electron chi connectivity index (χ2n) is 7.37. The molecule has 1 saturated heterocycles. The lowest BCUT2D eigenvalue weighted by atomic mass is 9.75. The van der Waals surface area contributed by atoms with Crippen LogP contribution in [-0.2, 0) is 0 Å². The summed E-state index contributed by atoms with van der Waals surface area (Å²) in [6.07, 6.45) is 3.95. The van der Waals surface area contributed by atoms with Gasteiger partial charge in [-0.1, -0.05) is 41.0 Å². The summed E-state index contributed by atoms with van der Waals surface area (Å²) >= 11 is 0. The molecular formula is C15H32N2. The fourth-order valence-electron chi connectivity index (χ4n) is 3.36. The first-order valence-corrected chi connectivity index (χ1v) is 7.19. The second-order valence-corrected chi connectivity index (χ2v) is 7.37. The highest BCUT2D eigenvalue weighted by Gasteiger charge is 2.37. The van der Waals surface area contributed by atoms with Gasteiger partial charge in [-0.3, -0.25) is 4.90 Å². The highest BCUT2D eigenvalue weighted by atomic mass is 15.2. The van der Waals surface area contributed by atoms with Crippen LogP contribution >= 0.6 is 0 Å². The zero-order chi connectivity index (χ0) is 13.3. The molecule has 17 heavy (non-hydrogen) atoms. The topological polar surface area (TPSA) is 29.3 Å². The maximum atomic E-state index is 6.21. The Kier molecular flexibility index (Phi) is 4.65. The molecule has 1 heterocycles. The molecule has 0 aromatic heterocycles. The maximum Gasteiger partial charge on any atom is 0.0292 e. The van der Waals surface area contributed by atoms with Gasteiger partial charge in [-0.05, 0) is 43.7 Å². The molecule has 0 aromatic carbocycles. The Labute approximate surface area is 108 Å². The Balaban J connectivity index is 2.68. The van der Waals surface area contributed by atoms with Crippen molar-refractivity contribution in [2.24, 2.45) is 16.6 Å². The molecule has 1 rings (SSSR count). The van der Waals surface area contributed by atoms with E-state index in [1.807, 2.05) is 0 Å². The fraction of sp³-hybridized carbons (Fsp3) is 1.00. The summed E-state index contributed by atoms with van der Waals surface area (Å²) in [5, 5.41) is 0. The molecule has 0 bridgehead atoms. The minimum Gasteiger partial charge on any atom is -0.327 e. The van der Waals surface area contributed by atoms with Gasteiger partial charge in [0, 0.05) is 12.1 Å². The molecule has 0 radical (unpaired) electrons. The number of hydrogen-bond donors (Lipinski definition) is 1. The largest absolute Gasteiger partial charge is 0.327 e. The van der Waals surface area contributed by atoms with Crippen molar-refractivity contribution in [3.8, 4) is 0 Å². The van der Waals surface area contributed by atoms with E-state index in [2.05, 4.69) is 46.4 Å². The van der Waals surface area contributed by atoms with Gasteiger partial charge in [0.15, 0.2) is 0 Å². The molecule has 1 fully saturated rings. The van der Waals surface area contributed by atoms with Crippen LogP contribution in [0.25, 0.3) is 0 Å². The van der Waals surface area contributed by atoms with E-state index in [-0.39, 0.29) is 11.5 Å². The highest BCUT2D eigenvalue weighted by molar-refractivity contribution is 4.93. The normalized spacial score (nSPS) is 25.6. The summed E-state index contributed by atoms with van der Waals surface area (Å²) in [5.41, 5.74) is 7.05. The Morgan fingerprint density at radius 3 is 2.00 bits per heavy atom. The van der Waals surface area contributed by atoms with Crippen molar-refractivity contribution in [2.45, 2.75) is 72.9 Å². The third-order valence-corrected chi connectivity index (χ3v) is 4.64. The first kappa shape index (κ1) is 15.0. The summed E-state index contributed by atoms with van der Waals surface area (Å²) in [6.45, 7) is 16.3. The summed E-state index contributed by atoms with van der Waals surface area (Å²) in [6, 6.07) is 0.755. The van der Waals surface area contributed by atoms with Crippen molar-refractivity contribution in [3.05, 3.63) is 0 Å². The van der Waals surface area contributed by atoms with Crippen LogP contribution in [0.5, 0.6) is 0 Å². The molecule has 2 atom stereocenters. The van der Waals surface area contributed by atoms with Crippen molar-refractivity contribution in [3.63, 3.8) is 0 Å². The Morgan fingerprint density at radius 2 is 1.71 bits per heavy atom. The summed E-state index contributed by atoms with van der Waals surface area (Å²) < 4.78 is 0. The van der Waals surface area contributed by atoms with E-state index in [9.17, 15) is 0 Å². The molecule has 2 nitrogen and oxygen atoms in total. The zero-order valence-corrected chi connectivity index (χ0v) is 12.7. The Hall–Kier alpha value is -0.0800. The minimum atomic E-state index is 0.251. The van der Waals surface area contributed by atoms with Crippen molar-refractivity contribution < 1.29 is 0 Å². The molecule has 2 heteroatoms. The molecule has 0 amide bonds. The number of rotatable bonds is 3. The third kappa shape index (κ3) is 3.69. The van der Waals surface area contributed by atoms with Crippen LogP contribution in [0.4, 0.5) is 0 Å². The molecule has 0 aliphatic carbocycles. The quantitative estimate of drug-likeness (QED) is 0.820. The summed E-state index contributed by atoms with van der Waals surface area (Å²) in [4.78, 5) is 2.63. The first-order chi connectivity index (χ1) is 7.69. The lowest BCUT2D eigenvalue weighted by Gasteiger charge is -2.48. The second kappa shape index (κ2) is 5.27. The van der Waals surface area contributed by atoms with Gasteiger partial charge in [-0.15, -0.1) is 0 Å². The summed E-state index contributed by atoms with van der Waals surface area (Å²) in [7, 11) is 0. The van der Waals surface area contributed by atoms with Gasteiger partial charge in [0.2, 0.25) is 0 Å². The molecular weight excluding hydrogens is 208 g/mol. The van der Waals surface area contributed by atoms with Gasteiger partial charge in [0.1, 0.15) is 0 Å². The molecule has 2 N–H and O–H groups in total. The first-order valence-electron chi connectivity index (χ1n) is 7.19. The highest BCUT2D eigenvalue weighted by Crippen LogP contribution is 2.37. The zero-order valence-electron chi connectivity index (χ0n) is 12.7. The fourth-order valence-corrected chi connectivity index (χ4v) is 3.36. The molecule has 0 saturated carbocycles. The maximum absolute atomic E-state index is 6.21. The molecule has 0 spiro atoms. The summed E-state index contributed by atoms with van der Waals surface area (Å²) in [5.74, 6) is 0. The monoisotopic (exact) mass is 240 g/mol. The Bertz CT molecular complexity index is 232. The molecule has 1 aliphatic heterocycles. The van der Waals surface area contributed by atoms with Crippen LogP contribution < -0.4 is 5.73 Å². The number of nitrogens with two attached hydrogens (primary N) is 1. The SMILES string of the molecule is CCC1(C)CCN(C(C(C)N)C(C)(C)C)CC1. The van der Waals surface area contributed by atoms with E-state index in [0.717, 1.165) is 0 Å². The van der Waals surface area contributed by atoms with E-state index in [0.29, 0.717) is 11.5 Å². The van der Waals surface area contributed by atoms with Gasteiger partial charge >= 0.3 is 0 Å². The van der Waals surface area contributed by atoms with Crippen molar-refractivity contribution in [1.82, 2.24) is 4.90 Å². The number of hydrogen-bond acceptors (Lipinski definition) is 2. The van der Waals surface area contributed by atoms with Gasteiger partial charge in [-0.25, -0.2) is 0 Å². The average molecular weight is 240 g/mol. The lowest BCUT2D eigenvalue weighted by molar-refractivity contribution is 0.0246. The van der Waals surface area contributed by atoms with E-state index in [1.54, 1.807) is 0 Å². The van der Waals surface area contributed by atoms with Crippen LogP contribution in [0.1, 0.15) is 60.8 Å². The molecule has 0 aromatic rings. The lowest BCUT2D eigenvalue weighted by Crippen LogP contribution is -2.56. The minimum absolute atomic E-state index is 0.251. The van der Waals surface area contributed by atoms with E-state index < -0.39 is 0 Å². The van der Waals surface area contributed by atoms with Gasteiger partial charge in [0.25, 0.3) is 0 Å². The van der Waals surface area contributed by atoms with Crippen molar-refractivity contribution in [2.75, 3.05) is 13.1 Å². The van der Waals surface area contributed by atoms with Gasteiger partial charge < -0.3 is 5.73 Å². The van der Waals surface area contributed by atoms with Crippen LogP contribution in [0.3, 0.4) is 0 Å². The van der Waals surface area contributed by atoms with E-state index >= 15 is 0 Å². The van der Waals surface area contributed by atoms with Crippen LogP contribution in [0.2, 0.25) is 0 Å². The number of nitrogens with zero attached hydrogens (tertiary/aromatic N) is 1. The smallest absolute Gasteiger partial charge is 0.0292 e. The van der Waals surface area contributed by atoms with Crippen LogP contribution in [0, 0.1) is 10.8 Å². The Morgan fingerprint density at radius 1 is 1.24 bits per heavy atom. The molecule has 2 unspecified atom stereocenters. The van der Waals surface area contributed by atoms with E-state index in [4.69, 9.17) is 5.73 Å². The number of likely N-dealkylation sites (tertiary alicyclic amines) is 1. The standard InChI is InChI=1S/C15H32N2/c1-7-15(6)8-10-17(11-9-15)13(12(2)16)14(3,4)5/h12-13H,7-11,16H2,1-6H3. The van der Waals surface area contributed by atoms with Gasteiger partial charge in [0.05, 0.1) is 0 Å². The van der Waals surface area contributed by atoms with Gasteiger partial charge in [-0.2, -0.15) is 0 Å². The predicted molar refractivity (Wildman–Crippen MR) is 76.1 cm³/mol. The predicted octanol–water partition coefficient (Wildman–Crippen LogP) is 3.26. The number of piperidine rings is 1. The van der Waals surface area contributed by atoms with Crippen LogP contribution in [-0.4, -0.2) is 30.1 Å². The van der Waals surface area contributed by atoms with Crippen molar-refractivity contribution >= 4 is 0 Å². The van der Waals surface area contributed by atoms with Crippen LogP contribution in [0.15, 0.2) is 0 Å². The molecule has 1 aliphatic rings. The molecule has 102 valence electrons. The average Bonchev–Trinajstić information content (AvgIpc) is 2.19. The third-order valence-electron chi connectivity index (χ3n) is 4.64. The van der Waals surface area contributed by atoms with E-state index in [1.165, 1.54) is 32.4 Å².